The molecular formula is C15H21NO2. The Morgan fingerprint density at radius 3 is 3.00 bits per heavy atom. The van der Waals surface area contributed by atoms with Gasteiger partial charge in [-0.05, 0) is 55.9 Å². The molecule has 1 aromatic carbocycles. The standard InChI is InChI=1S/C15H21NO2/c1-10-2-4-13(18-10)9-17-12-5-6-14-11(8-12)3-7-15(14)16/h5-6,8,10,13,15H,2-4,7,9,16H2,1H3/t10?,13?,15-/m0/s1. The quantitative estimate of drug-likeness (QED) is 0.893. The molecule has 3 nitrogen and oxygen atoms in total. The Hall–Kier alpha value is -1.06. The Bertz CT molecular complexity index is 433. The van der Waals surface area contributed by atoms with E-state index in [2.05, 4.69) is 19.1 Å². The molecule has 2 N–H and O–H groups in total. The van der Waals surface area contributed by atoms with Gasteiger partial charge in [-0.15, -0.1) is 0 Å². The van der Waals surface area contributed by atoms with E-state index in [0.717, 1.165) is 31.4 Å². The van der Waals surface area contributed by atoms with E-state index in [4.69, 9.17) is 15.2 Å². The van der Waals surface area contributed by atoms with Crippen LogP contribution in [0.2, 0.25) is 0 Å². The highest BCUT2D eigenvalue weighted by atomic mass is 16.5. The molecule has 0 saturated carbocycles. The molecule has 1 fully saturated rings. The number of nitrogens with two attached hydrogens (primary N) is 1. The van der Waals surface area contributed by atoms with E-state index in [1.54, 1.807) is 0 Å². The number of aryl methyl sites for hydroxylation is 1. The first-order valence-electron chi connectivity index (χ1n) is 6.89. The van der Waals surface area contributed by atoms with Crippen molar-refractivity contribution in [2.45, 2.75) is 50.9 Å². The Kier molecular flexibility index (Phi) is 3.27. The SMILES string of the molecule is CC1CCC(COc2ccc3c(c2)CC[C@@H]3N)O1. The predicted molar refractivity (Wildman–Crippen MR) is 70.8 cm³/mol. The van der Waals surface area contributed by atoms with Gasteiger partial charge in [0.15, 0.2) is 0 Å². The largest absolute Gasteiger partial charge is 0.491 e. The van der Waals surface area contributed by atoms with Crippen LogP contribution in [0.1, 0.15) is 43.4 Å². The summed E-state index contributed by atoms with van der Waals surface area (Å²) in [5.74, 6) is 0.950. The van der Waals surface area contributed by atoms with Crippen molar-refractivity contribution in [2.24, 2.45) is 5.73 Å². The second-order valence-electron chi connectivity index (χ2n) is 5.46. The van der Waals surface area contributed by atoms with Gasteiger partial charge in [-0.2, -0.15) is 0 Å². The highest BCUT2D eigenvalue weighted by Gasteiger charge is 2.23. The van der Waals surface area contributed by atoms with Gasteiger partial charge in [-0.25, -0.2) is 0 Å². The van der Waals surface area contributed by atoms with Crippen LogP contribution in [-0.2, 0) is 11.2 Å². The lowest BCUT2D eigenvalue weighted by Gasteiger charge is -2.13. The summed E-state index contributed by atoms with van der Waals surface area (Å²) < 4.78 is 11.6. The zero-order valence-electron chi connectivity index (χ0n) is 10.9. The van der Waals surface area contributed by atoms with E-state index in [1.807, 2.05) is 6.07 Å². The van der Waals surface area contributed by atoms with Gasteiger partial charge in [0.1, 0.15) is 12.4 Å². The van der Waals surface area contributed by atoms with Gasteiger partial charge in [-0.1, -0.05) is 6.07 Å². The first kappa shape index (κ1) is 12.0. The van der Waals surface area contributed by atoms with Crippen LogP contribution < -0.4 is 10.5 Å². The maximum Gasteiger partial charge on any atom is 0.119 e. The van der Waals surface area contributed by atoms with E-state index < -0.39 is 0 Å². The van der Waals surface area contributed by atoms with E-state index >= 15 is 0 Å². The summed E-state index contributed by atoms with van der Waals surface area (Å²) in [5.41, 5.74) is 8.66. The summed E-state index contributed by atoms with van der Waals surface area (Å²) in [6, 6.07) is 6.50. The lowest BCUT2D eigenvalue weighted by Crippen LogP contribution is -2.17. The molecule has 1 aromatic rings. The van der Waals surface area contributed by atoms with Gasteiger partial charge in [0.25, 0.3) is 0 Å². The minimum Gasteiger partial charge on any atom is -0.491 e. The van der Waals surface area contributed by atoms with Crippen LogP contribution in [0, 0.1) is 0 Å². The van der Waals surface area contributed by atoms with Crippen LogP contribution in [0.15, 0.2) is 18.2 Å². The lowest BCUT2D eigenvalue weighted by atomic mass is 10.1. The normalized spacial score (nSPS) is 30.4. The highest BCUT2D eigenvalue weighted by Crippen LogP contribution is 2.32. The van der Waals surface area contributed by atoms with Crippen molar-refractivity contribution in [1.82, 2.24) is 0 Å². The summed E-state index contributed by atoms with van der Waals surface area (Å²) in [7, 11) is 0. The molecule has 1 saturated heterocycles. The van der Waals surface area contributed by atoms with Gasteiger partial charge in [0.05, 0.1) is 12.2 Å². The lowest BCUT2D eigenvalue weighted by molar-refractivity contribution is 0.0264. The van der Waals surface area contributed by atoms with Crippen molar-refractivity contribution in [1.29, 1.82) is 0 Å². The summed E-state index contributed by atoms with van der Waals surface area (Å²) in [6.45, 7) is 2.78. The molecular weight excluding hydrogens is 226 g/mol. The number of benzene rings is 1. The van der Waals surface area contributed by atoms with Crippen LogP contribution in [0.3, 0.4) is 0 Å². The molecule has 0 aromatic heterocycles. The molecule has 0 bridgehead atoms. The van der Waals surface area contributed by atoms with Crippen molar-refractivity contribution in [3.8, 4) is 5.75 Å². The summed E-state index contributed by atoms with van der Waals surface area (Å²) >= 11 is 0. The molecule has 2 unspecified atom stereocenters. The first-order chi connectivity index (χ1) is 8.72. The number of ether oxygens (including phenoxy) is 2. The molecule has 1 aliphatic carbocycles. The van der Waals surface area contributed by atoms with Crippen molar-refractivity contribution >= 4 is 0 Å². The van der Waals surface area contributed by atoms with Crippen LogP contribution in [0.4, 0.5) is 0 Å². The molecule has 0 spiro atoms. The average Bonchev–Trinajstić information content (AvgIpc) is 2.94. The molecule has 2 aliphatic rings. The van der Waals surface area contributed by atoms with Crippen molar-refractivity contribution in [3.63, 3.8) is 0 Å². The topological polar surface area (TPSA) is 44.5 Å². The number of rotatable bonds is 3. The third-order valence-electron chi connectivity index (χ3n) is 3.99. The molecule has 18 heavy (non-hydrogen) atoms. The van der Waals surface area contributed by atoms with Gasteiger partial charge in [-0.3, -0.25) is 0 Å². The van der Waals surface area contributed by atoms with E-state index in [-0.39, 0.29) is 12.1 Å². The van der Waals surface area contributed by atoms with Crippen LogP contribution >= 0.6 is 0 Å². The summed E-state index contributed by atoms with van der Waals surface area (Å²) in [5, 5.41) is 0. The Labute approximate surface area is 108 Å². The zero-order chi connectivity index (χ0) is 12.5. The average molecular weight is 247 g/mol. The van der Waals surface area contributed by atoms with Gasteiger partial charge in [0.2, 0.25) is 0 Å². The maximum atomic E-state index is 6.02. The maximum absolute atomic E-state index is 6.02. The van der Waals surface area contributed by atoms with Gasteiger partial charge < -0.3 is 15.2 Å². The summed E-state index contributed by atoms with van der Waals surface area (Å²) in [4.78, 5) is 0. The van der Waals surface area contributed by atoms with Crippen molar-refractivity contribution in [2.75, 3.05) is 6.61 Å². The molecule has 3 atom stereocenters. The molecule has 3 heteroatoms. The second kappa shape index (κ2) is 4.90. The fourth-order valence-corrected chi connectivity index (χ4v) is 2.91. The molecule has 98 valence electrons. The Morgan fingerprint density at radius 2 is 2.22 bits per heavy atom. The van der Waals surface area contributed by atoms with E-state index in [9.17, 15) is 0 Å². The van der Waals surface area contributed by atoms with Crippen molar-refractivity contribution in [3.05, 3.63) is 29.3 Å². The fourth-order valence-electron chi connectivity index (χ4n) is 2.91. The molecule has 0 radical (unpaired) electrons. The van der Waals surface area contributed by atoms with Gasteiger partial charge in [0, 0.05) is 6.04 Å². The Morgan fingerprint density at radius 1 is 1.33 bits per heavy atom. The Balaban J connectivity index is 1.60. The van der Waals surface area contributed by atoms with Crippen LogP contribution in [0.5, 0.6) is 5.75 Å². The van der Waals surface area contributed by atoms with E-state index in [0.29, 0.717) is 12.7 Å². The predicted octanol–water partition coefficient (Wildman–Crippen LogP) is 2.58. The van der Waals surface area contributed by atoms with Crippen LogP contribution in [-0.4, -0.2) is 18.8 Å². The highest BCUT2D eigenvalue weighted by molar-refractivity contribution is 5.40. The third-order valence-corrected chi connectivity index (χ3v) is 3.99. The molecule has 1 aliphatic heterocycles. The fraction of sp³-hybridized carbons (Fsp3) is 0.600. The second-order valence-corrected chi connectivity index (χ2v) is 5.46. The van der Waals surface area contributed by atoms with E-state index in [1.165, 1.54) is 11.1 Å². The minimum absolute atomic E-state index is 0.216. The van der Waals surface area contributed by atoms with Crippen LogP contribution in [0.25, 0.3) is 0 Å². The van der Waals surface area contributed by atoms with Gasteiger partial charge >= 0.3 is 0 Å². The smallest absolute Gasteiger partial charge is 0.119 e. The zero-order valence-corrected chi connectivity index (χ0v) is 10.9. The first-order valence-corrected chi connectivity index (χ1v) is 6.89. The number of hydrogen-bond acceptors (Lipinski definition) is 3. The summed E-state index contributed by atoms with van der Waals surface area (Å²) in [6.07, 6.45) is 5.03. The number of fused-ring (bicyclic) bond motifs is 1. The third kappa shape index (κ3) is 2.38. The minimum atomic E-state index is 0.216. The molecule has 3 rings (SSSR count). The molecule has 0 amide bonds. The molecule has 1 heterocycles. The van der Waals surface area contributed by atoms with Crippen molar-refractivity contribution < 1.29 is 9.47 Å². The monoisotopic (exact) mass is 247 g/mol. The number of hydrogen-bond donors (Lipinski definition) is 1.